The number of hydrogen-bond acceptors (Lipinski definition) is 5. The molecular formula is C24H30N6. The molecule has 2 fully saturated rings. The second-order valence-corrected chi connectivity index (χ2v) is 8.60. The summed E-state index contributed by atoms with van der Waals surface area (Å²) < 4.78 is 1.94. The second kappa shape index (κ2) is 8.56. The fourth-order valence-electron chi connectivity index (χ4n) is 4.84. The number of aromatic nitrogens is 4. The highest BCUT2D eigenvalue weighted by Crippen LogP contribution is 2.33. The summed E-state index contributed by atoms with van der Waals surface area (Å²) in [5, 5.41) is 4.90. The summed E-state index contributed by atoms with van der Waals surface area (Å²) in [7, 11) is 2.01. The van der Waals surface area contributed by atoms with Crippen molar-refractivity contribution in [3.63, 3.8) is 0 Å². The van der Waals surface area contributed by atoms with Gasteiger partial charge in [0.15, 0.2) is 0 Å². The van der Waals surface area contributed by atoms with Gasteiger partial charge in [-0.05, 0) is 43.9 Å². The van der Waals surface area contributed by atoms with Crippen molar-refractivity contribution in [1.29, 1.82) is 0 Å². The average molecular weight is 403 g/mol. The van der Waals surface area contributed by atoms with Crippen LogP contribution < -0.4 is 4.90 Å². The van der Waals surface area contributed by atoms with Gasteiger partial charge in [0.05, 0.1) is 11.4 Å². The van der Waals surface area contributed by atoms with Crippen molar-refractivity contribution in [2.45, 2.75) is 38.1 Å². The third-order valence-corrected chi connectivity index (χ3v) is 6.31. The van der Waals surface area contributed by atoms with Crippen molar-refractivity contribution in [2.24, 2.45) is 7.05 Å². The molecule has 1 atom stereocenters. The predicted molar refractivity (Wildman–Crippen MR) is 119 cm³/mol. The molecular weight excluding hydrogens is 372 g/mol. The van der Waals surface area contributed by atoms with E-state index in [1.807, 2.05) is 24.0 Å². The van der Waals surface area contributed by atoms with Crippen LogP contribution in [0.25, 0.3) is 11.3 Å². The van der Waals surface area contributed by atoms with E-state index < -0.39 is 0 Å². The predicted octanol–water partition coefficient (Wildman–Crippen LogP) is 3.86. The topological polar surface area (TPSA) is 50.1 Å². The van der Waals surface area contributed by atoms with Gasteiger partial charge < -0.3 is 4.90 Å². The zero-order chi connectivity index (χ0) is 20.3. The van der Waals surface area contributed by atoms with Gasteiger partial charge >= 0.3 is 0 Å². The molecule has 0 saturated carbocycles. The van der Waals surface area contributed by atoms with E-state index in [-0.39, 0.29) is 0 Å². The van der Waals surface area contributed by atoms with Crippen LogP contribution >= 0.6 is 0 Å². The van der Waals surface area contributed by atoms with E-state index in [0.717, 1.165) is 49.9 Å². The van der Waals surface area contributed by atoms with Crippen LogP contribution in [0, 0.1) is 0 Å². The lowest BCUT2D eigenvalue weighted by atomic mass is 9.91. The van der Waals surface area contributed by atoms with Gasteiger partial charge in [0.25, 0.3) is 0 Å². The van der Waals surface area contributed by atoms with Crippen molar-refractivity contribution in [3.05, 3.63) is 60.0 Å². The number of nitrogens with zero attached hydrogens (tertiary/aromatic N) is 6. The molecule has 0 aliphatic carbocycles. The Morgan fingerprint density at radius 1 is 1.00 bits per heavy atom. The first kappa shape index (κ1) is 19.2. The largest absolute Gasteiger partial charge is 0.341 e. The molecule has 0 bridgehead atoms. The fraction of sp³-hybridized carbons (Fsp3) is 0.458. The van der Waals surface area contributed by atoms with Crippen LogP contribution in [0.3, 0.4) is 0 Å². The molecule has 3 aromatic rings. The summed E-state index contributed by atoms with van der Waals surface area (Å²) in [5.74, 6) is 1.29. The highest BCUT2D eigenvalue weighted by molar-refractivity contribution is 5.63. The zero-order valence-corrected chi connectivity index (χ0v) is 17.7. The van der Waals surface area contributed by atoms with Gasteiger partial charge in [-0.1, -0.05) is 30.3 Å². The maximum Gasteiger partial charge on any atom is 0.225 e. The lowest BCUT2D eigenvalue weighted by molar-refractivity contribution is 0.198. The van der Waals surface area contributed by atoms with Crippen molar-refractivity contribution in [3.8, 4) is 11.3 Å². The number of benzene rings is 1. The number of aryl methyl sites for hydroxylation is 1. The van der Waals surface area contributed by atoms with Gasteiger partial charge in [0.2, 0.25) is 5.95 Å². The lowest BCUT2D eigenvalue weighted by Gasteiger charge is -2.32. The highest BCUT2D eigenvalue weighted by Gasteiger charge is 2.27. The molecule has 2 aliphatic heterocycles. The summed E-state index contributed by atoms with van der Waals surface area (Å²) in [6.07, 6.45) is 8.86. The van der Waals surface area contributed by atoms with E-state index in [2.05, 4.69) is 51.3 Å². The van der Waals surface area contributed by atoms with Crippen LogP contribution in [0.1, 0.15) is 42.9 Å². The summed E-state index contributed by atoms with van der Waals surface area (Å²) in [6.45, 7) is 5.32. The Balaban J connectivity index is 1.39. The number of rotatable bonds is 5. The molecule has 6 heteroatoms. The van der Waals surface area contributed by atoms with Gasteiger partial charge in [-0.2, -0.15) is 5.10 Å². The van der Waals surface area contributed by atoms with Crippen LogP contribution in [0.4, 0.5) is 5.95 Å². The molecule has 0 radical (unpaired) electrons. The van der Waals surface area contributed by atoms with E-state index in [0.29, 0.717) is 5.92 Å². The molecule has 156 valence electrons. The number of anilines is 1. The molecule has 2 aliphatic rings. The normalized spacial score (nSPS) is 20.0. The molecule has 0 N–H and O–H groups in total. The maximum atomic E-state index is 4.93. The Morgan fingerprint density at radius 3 is 2.67 bits per heavy atom. The molecule has 6 nitrogen and oxygen atoms in total. The smallest absolute Gasteiger partial charge is 0.225 e. The molecule has 2 saturated heterocycles. The van der Waals surface area contributed by atoms with Crippen LogP contribution in [0.5, 0.6) is 0 Å². The number of hydrogen-bond donors (Lipinski definition) is 0. The second-order valence-electron chi connectivity index (χ2n) is 8.60. The number of piperidine rings is 1. The maximum absolute atomic E-state index is 4.93. The molecule has 4 heterocycles. The van der Waals surface area contributed by atoms with E-state index in [1.54, 1.807) is 0 Å². The molecule has 1 aromatic carbocycles. The van der Waals surface area contributed by atoms with Crippen LogP contribution in [0.2, 0.25) is 0 Å². The van der Waals surface area contributed by atoms with E-state index >= 15 is 0 Å². The van der Waals surface area contributed by atoms with Crippen molar-refractivity contribution >= 4 is 5.95 Å². The summed E-state index contributed by atoms with van der Waals surface area (Å²) in [5.41, 5.74) is 4.72. The highest BCUT2D eigenvalue weighted by atomic mass is 15.3. The summed E-state index contributed by atoms with van der Waals surface area (Å²) in [4.78, 5) is 14.3. The third-order valence-electron chi connectivity index (χ3n) is 6.31. The Hall–Kier alpha value is -2.73. The van der Waals surface area contributed by atoms with Gasteiger partial charge in [0.1, 0.15) is 0 Å². The molecule has 5 rings (SSSR count). The molecule has 2 aromatic heterocycles. The first-order valence-electron chi connectivity index (χ1n) is 11.1. The monoisotopic (exact) mass is 402 g/mol. The number of likely N-dealkylation sites (tertiary alicyclic amines) is 1. The van der Waals surface area contributed by atoms with Gasteiger partial charge in [0, 0.05) is 57.1 Å². The summed E-state index contributed by atoms with van der Waals surface area (Å²) in [6, 6.07) is 12.8. The molecule has 0 spiro atoms. The third kappa shape index (κ3) is 4.10. The molecule has 30 heavy (non-hydrogen) atoms. The average Bonchev–Trinajstić information content (AvgIpc) is 3.45. The van der Waals surface area contributed by atoms with Crippen molar-refractivity contribution < 1.29 is 0 Å². The Kier molecular flexibility index (Phi) is 5.49. The minimum atomic E-state index is 0.434. The van der Waals surface area contributed by atoms with E-state index in [1.165, 1.54) is 36.9 Å². The van der Waals surface area contributed by atoms with Gasteiger partial charge in [-0.3, -0.25) is 9.58 Å². The first-order chi connectivity index (χ1) is 14.8. The standard InChI is InChI=1S/C24H30N6/c1-28-18-21(22-11-12-25-24(26-22)30-14-5-6-15-30)23(27-28)20-10-7-13-29(17-20)16-19-8-3-2-4-9-19/h2-4,8-9,11-12,18,20H,5-7,10,13-17H2,1H3/t20-/m1/s1. The van der Waals surface area contributed by atoms with Crippen LogP contribution in [0.15, 0.2) is 48.8 Å². The lowest BCUT2D eigenvalue weighted by Crippen LogP contribution is -2.34. The van der Waals surface area contributed by atoms with Gasteiger partial charge in [-0.25, -0.2) is 9.97 Å². The minimum absolute atomic E-state index is 0.434. The van der Waals surface area contributed by atoms with Crippen molar-refractivity contribution in [1.82, 2.24) is 24.6 Å². The zero-order valence-electron chi connectivity index (χ0n) is 17.7. The Bertz CT molecular complexity index is 976. The molecule has 0 unspecified atom stereocenters. The minimum Gasteiger partial charge on any atom is -0.341 e. The van der Waals surface area contributed by atoms with Crippen LogP contribution in [-0.4, -0.2) is 50.8 Å². The fourth-order valence-corrected chi connectivity index (χ4v) is 4.84. The van der Waals surface area contributed by atoms with E-state index in [4.69, 9.17) is 10.1 Å². The summed E-state index contributed by atoms with van der Waals surface area (Å²) >= 11 is 0. The van der Waals surface area contributed by atoms with E-state index in [9.17, 15) is 0 Å². The first-order valence-corrected chi connectivity index (χ1v) is 11.1. The van der Waals surface area contributed by atoms with Gasteiger partial charge in [-0.15, -0.1) is 0 Å². The molecule has 0 amide bonds. The quantitative estimate of drug-likeness (QED) is 0.649. The Labute approximate surface area is 178 Å². The Morgan fingerprint density at radius 2 is 1.83 bits per heavy atom. The van der Waals surface area contributed by atoms with Crippen molar-refractivity contribution in [2.75, 3.05) is 31.1 Å². The SMILES string of the molecule is Cn1cc(-c2ccnc(N3CCCC3)n2)c([C@@H]2CCCN(Cc3ccccc3)C2)n1. The van der Waals surface area contributed by atoms with Crippen LogP contribution in [-0.2, 0) is 13.6 Å².